The van der Waals surface area contributed by atoms with Gasteiger partial charge >= 0.3 is 0 Å². The van der Waals surface area contributed by atoms with Crippen LogP contribution in [0, 0.1) is 0 Å². The molecule has 1 aromatic heterocycles. The van der Waals surface area contributed by atoms with Gasteiger partial charge in [0.05, 0.1) is 40.4 Å². The lowest BCUT2D eigenvalue weighted by molar-refractivity contribution is 0.260. The summed E-state index contributed by atoms with van der Waals surface area (Å²) in [7, 11) is 8.19. The van der Waals surface area contributed by atoms with Gasteiger partial charge in [0.25, 0.3) is 0 Å². The summed E-state index contributed by atoms with van der Waals surface area (Å²) in [4.78, 5) is 10.4. The number of aromatic nitrogens is 1. The molecule has 1 aliphatic heterocycles. The summed E-state index contributed by atoms with van der Waals surface area (Å²) in [6.07, 6.45) is 14.8. The average molecular weight is 660 g/mol. The van der Waals surface area contributed by atoms with Crippen LogP contribution in [0.3, 0.4) is 0 Å². The summed E-state index contributed by atoms with van der Waals surface area (Å²) in [5.41, 5.74) is 6.56. The zero-order valence-corrected chi connectivity index (χ0v) is 29.7. The van der Waals surface area contributed by atoms with Crippen LogP contribution in [0.5, 0.6) is 28.7 Å². The van der Waals surface area contributed by atoms with E-state index in [0.29, 0.717) is 33.6 Å². The third kappa shape index (κ3) is 9.34. The Labute approximate surface area is 286 Å². The molecule has 8 nitrogen and oxygen atoms in total. The molecule has 0 bridgehead atoms. The quantitative estimate of drug-likeness (QED) is 0.140. The molecule has 0 aliphatic carbocycles. The predicted octanol–water partition coefficient (Wildman–Crippen LogP) is 7.58. The number of allylic oxidation sites excluding steroid dienone is 4. The first-order valence-corrected chi connectivity index (χ1v) is 16.5. The highest BCUT2D eigenvalue weighted by Crippen LogP contribution is 2.41. The van der Waals surface area contributed by atoms with Crippen LogP contribution in [-0.2, 0) is 6.54 Å². The number of ether oxygens (including phenoxy) is 5. The van der Waals surface area contributed by atoms with Gasteiger partial charge in [-0.05, 0) is 91.0 Å². The third-order valence-electron chi connectivity index (χ3n) is 8.32. The highest BCUT2D eigenvalue weighted by Gasteiger charge is 2.18. The Morgan fingerprint density at radius 2 is 1.43 bits per heavy atom. The Bertz CT molecular complexity index is 1540. The largest absolute Gasteiger partial charge is 0.495 e. The van der Waals surface area contributed by atoms with E-state index >= 15 is 0 Å². The van der Waals surface area contributed by atoms with Crippen LogP contribution >= 0.6 is 12.6 Å². The Hall–Kier alpha value is -3.92. The molecule has 0 saturated carbocycles. The molecular formula is C38H49N3O5S. The molecule has 0 unspecified atom stereocenters. The van der Waals surface area contributed by atoms with Crippen molar-refractivity contribution >= 4 is 18.2 Å². The van der Waals surface area contributed by atoms with Crippen molar-refractivity contribution in [2.24, 2.45) is 0 Å². The van der Waals surface area contributed by atoms with E-state index in [1.165, 1.54) is 11.1 Å². The van der Waals surface area contributed by atoms with Crippen molar-refractivity contribution in [2.45, 2.75) is 38.1 Å². The summed E-state index contributed by atoms with van der Waals surface area (Å²) in [6.45, 7) is 9.98. The van der Waals surface area contributed by atoms with Crippen molar-refractivity contribution in [3.8, 4) is 39.9 Å². The van der Waals surface area contributed by atoms with E-state index in [1.807, 2.05) is 36.7 Å². The first kappa shape index (κ1) is 35.9. The first-order valence-electron chi connectivity index (χ1n) is 16.1. The van der Waals surface area contributed by atoms with Gasteiger partial charge in [-0.1, -0.05) is 31.2 Å². The topological polar surface area (TPSA) is 65.5 Å². The van der Waals surface area contributed by atoms with Gasteiger partial charge in [-0.15, -0.1) is 12.6 Å². The Morgan fingerprint density at radius 3 is 2.02 bits per heavy atom. The van der Waals surface area contributed by atoms with Gasteiger partial charge < -0.3 is 23.7 Å². The number of rotatable bonds is 14. The minimum Gasteiger partial charge on any atom is -0.495 e. The molecule has 0 amide bonds. The molecule has 2 aromatic carbocycles. The van der Waals surface area contributed by atoms with Gasteiger partial charge in [0.1, 0.15) is 11.5 Å². The smallest absolute Gasteiger partial charge is 0.203 e. The maximum Gasteiger partial charge on any atom is 0.203 e. The molecule has 0 radical (unpaired) electrons. The number of nitrogens with zero attached hydrogens (tertiary/aromatic N) is 3. The van der Waals surface area contributed by atoms with Gasteiger partial charge in [-0.3, -0.25) is 14.8 Å². The standard InChI is InChI=1S/C38H49N3O5S/c1-8-10-12-27(17-29(9-2)30-21-35(44-5)38(47)36(22-30)45-6)25-40-13-11-14-41(16-15-40)26-28-18-32(24-39-23-28)31-19-33(42-3)37(46-7)34(20-31)43-4/h9-10,12,17-24,47H,8,11,13-16,25-26H2,1-7H3/b12-10-,27-17+,29-9+. The van der Waals surface area contributed by atoms with E-state index in [2.05, 4.69) is 71.6 Å². The fourth-order valence-electron chi connectivity index (χ4n) is 5.85. The Kier molecular flexibility index (Phi) is 13.6. The van der Waals surface area contributed by atoms with Crippen molar-refractivity contribution in [1.29, 1.82) is 0 Å². The molecule has 1 aliphatic rings. The summed E-state index contributed by atoms with van der Waals surface area (Å²) >= 11 is 4.59. The van der Waals surface area contributed by atoms with E-state index in [1.54, 1.807) is 35.5 Å². The summed E-state index contributed by atoms with van der Waals surface area (Å²) in [5.74, 6) is 3.21. The highest BCUT2D eigenvalue weighted by atomic mass is 32.1. The average Bonchev–Trinajstić information content (AvgIpc) is 3.33. The van der Waals surface area contributed by atoms with Crippen molar-refractivity contribution in [3.05, 3.63) is 83.7 Å². The Morgan fingerprint density at radius 1 is 0.787 bits per heavy atom. The van der Waals surface area contributed by atoms with Crippen molar-refractivity contribution in [1.82, 2.24) is 14.8 Å². The monoisotopic (exact) mass is 659 g/mol. The third-order valence-corrected chi connectivity index (χ3v) is 8.76. The molecule has 1 saturated heterocycles. The van der Waals surface area contributed by atoms with Gasteiger partial charge in [-0.25, -0.2) is 0 Å². The Balaban J connectivity index is 1.47. The molecule has 47 heavy (non-hydrogen) atoms. The number of benzene rings is 2. The van der Waals surface area contributed by atoms with E-state index in [9.17, 15) is 0 Å². The molecule has 1 fully saturated rings. The van der Waals surface area contributed by atoms with Crippen molar-refractivity contribution in [2.75, 3.05) is 68.3 Å². The molecule has 0 spiro atoms. The molecule has 252 valence electrons. The molecule has 9 heteroatoms. The van der Waals surface area contributed by atoms with E-state index in [4.69, 9.17) is 23.7 Å². The van der Waals surface area contributed by atoms with E-state index in [0.717, 1.165) is 74.4 Å². The number of hydrogen-bond acceptors (Lipinski definition) is 9. The van der Waals surface area contributed by atoms with Crippen LogP contribution in [0.15, 0.2) is 77.5 Å². The number of hydrogen-bond donors (Lipinski definition) is 1. The van der Waals surface area contributed by atoms with Crippen LogP contribution in [0.4, 0.5) is 0 Å². The second-order valence-corrected chi connectivity index (χ2v) is 11.9. The lowest BCUT2D eigenvalue weighted by atomic mass is 10.0. The van der Waals surface area contributed by atoms with Crippen LogP contribution in [-0.4, -0.2) is 83.1 Å². The maximum absolute atomic E-state index is 5.59. The summed E-state index contributed by atoms with van der Waals surface area (Å²) in [5, 5.41) is 0. The molecule has 2 heterocycles. The van der Waals surface area contributed by atoms with Crippen LogP contribution in [0.1, 0.15) is 37.8 Å². The van der Waals surface area contributed by atoms with Gasteiger partial charge in [0.2, 0.25) is 5.75 Å². The zero-order chi connectivity index (χ0) is 33.8. The summed E-state index contributed by atoms with van der Waals surface area (Å²) in [6, 6.07) is 10.2. The summed E-state index contributed by atoms with van der Waals surface area (Å²) < 4.78 is 27.8. The zero-order valence-electron chi connectivity index (χ0n) is 28.8. The van der Waals surface area contributed by atoms with Crippen LogP contribution in [0.2, 0.25) is 0 Å². The molecule has 3 aromatic rings. The van der Waals surface area contributed by atoms with Crippen LogP contribution < -0.4 is 23.7 Å². The fourth-order valence-corrected chi connectivity index (χ4v) is 6.16. The number of pyridine rings is 1. The lowest BCUT2D eigenvalue weighted by Crippen LogP contribution is -2.31. The molecule has 4 rings (SSSR count). The number of thiol groups is 1. The van der Waals surface area contributed by atoms with Gasteiger partial charge in [0.15, 0.2) is 11.5 Å². The van der Waals surface area contributed by atoms with Crippen molar-refractivity contribution in [3.63, 3.8) is 0 Å². The minimum absolute atomic E-state index is 0.578. The molecule has 0 N–H and O–H groups in total. The molecular weight excluding hydrogens is 611 g/mol. The lowest BCUT2D eigenvalue weighted by Gasteiger charge is -2.23. The van der Waals surface area contributed by atoms with Crippen LogP contribution in [0.25, 0.3) is 16.7 Å². The second-order valence-electron chi connectivity index (χ2n) is 11.4. The van der Waals surface area contributed by atoms with E-state index < -0.39 is 0 Å². The van der Waals surface area contributed by atoms with Crippen molar-refractivity contribution < 1.29 is 23.7 Å². The van der Waals surface area contributed by atoms with Gasteiger partial charge in [-0.2, -0.15) is 0 Å². The minimum atomic E-state index is 0.578. The normalized spacial score (nSPS) is 15.1. The van der Waals surface area contributed by atoms with Gasteiger partial charge in [0, 0.05) is 44.1 Å². The molecule has 0 atom stereocenters. The maximum atomic E-state index is 5.59. The SMILES string of the molecule is C\C=C(/C=C(\C=C/CC)CN1CCCN(Cc2cncc(-c3cc(OC)c(OC)c(OC)c3)c2)CC1)c1cc(OC)c(S)c(OC)c1. The predicted molar refractivity (Wildman–Crippen MR) is 194 cm³/mol. The second kappa shape index (κ2) is 17.8. The fraction of sp³-hybridized carbons (Fsp3) is 0.395. The first-order chi connectivity index (χ1) is 22.9. The number of methoxy groups -OCH3 is 5. The highest BCUT2D eigenvalue weighted by molar-refractivity contribution is 7.80. The van der Waals surface area contributed by atoms with E-state index in [-0.39, 0.29) is 0 Å².